The van der Waals surface area contributed by atoms with E-state index in [1.54, 1.807) is 18.3 Å². The van der Waals surface area contributed by atoms with Gasteiger partial charge in [0.05, 0.1) is 6.04 Å². The Hall–Kier alpha value is -2.74. The molecule has 0 saturated carbocycles. The molecule has 0 bridgehead atoms. The summed E-state index contributed by atoms with van der Waals surface area (Å²) in [5.74, 6) is -0.236. The van der Waals surface area contributed by atoms with Crippen LogP contribution in [0.25, 0.3) is 0 Å². The molecule has 0 aliphatic carbocycles. The van der Waals surface area contributed by atoms with E-state index in [9.17, 15) is 4.39 Å². The van der Waals surface area contributed by atoms with Crippen LogP contribution in [0.5, 0.6) is 0 Å². The van der Waals surface area contributed by atoms with Crippen molar-refractivity contribution in [1.29, 1.82) is 0 Å². The van der Waals surface area contributed by atoms with Gasteiger partial charge in [-0.1, -0.05) is 86.6 Å². The van der Waals surface area contributed by atoms with Crippen molar-refractivity contribution in [3.05, 3.63) is 107 Å². The van der Waals surface area contributed by atoms with Crippen molar-refractivity contribution in [2.45, 2.75) is 19.9 Å². The number of hydrogen-bond donors (Lipinski definition) is 0. The average Bonchev–Trinajstić information content (AvgIpc) is 2.67. The normalized spacial score (nSPS) is 10.5. The van der Waals surface area contributed by atoms with Gasteiger partial charge in [-0.05, 0) is 28.8 Å². The molecule has 1 nitrogen and oxygen atoms in total. The molecule has 24 heavy (non-hydrogen) atoms. The zero-order chi connectivity index (χ0) is 17.2. The highest BCUT2D eigenvalue weighted by Crippen LogP contribution is 2.25. The van der Waals surface area contributed by atoms with E-state index in [4.69, 9.17) is 4.99 Å². The molecular weight excluding hydrogens is 297 g/mol. The lowest BCUT2D eigenvalue weighted by Crippen LogP contribution is -1.98. The van der Waals surface area contributed by atoms with Crippen molar-refractivity contribution in [2.24, 2.45) is 4.99 Å². The molecule has 3 rings (SSSR count). The second kappa shape index (κ2) is 9.41. The summed E-state index contributed by atoms with van der Waals surface area (Å²) in [6.45, 7) is 4.00. The molecule has 0 amide bonds. The number of benzene rings is 3. The number of nitrogens with zero attached hydrogens (tertiary/aromatic N) is 1. The summed E-state index contributed by atoms with van der Waals surface area (Å²) in [5, 5.41) is 0. The Balaban J connectivity index is 0.00000100. The van der Waals surface area contributed by atoms with Crippen LogP contribution in [0.15, 0.2) is 89.9 Å². The summed E-state index contributed by atoms with van der Waals surface area (Å²) in [5.41, 5.74) is 3.15. The molecule has 0 fully saturated rings. The van der Waals surface area contributed by atoms with Crippen molar-refractivity contribution in [2.75, 3.05) is 0 Å². The molecule has 2 heteroatoms. The fourth-order valence-corrected chi connectivity index (χ4v) is 2.34. The Labute approximate surface area is 143 Å². The van der Waals surface area contributed by atoms with Crippen molar-refractivity contribution in [1.82, 2.24) is 0 Å². The fraction of sp³-hybridized carbons (Fsp3) is 0.136. The molecule has 0 N–H and O–H groups in total. The molecule has 0 unspecified atom stereocenters. The molecule has 0 aliphatic heterocycles. The predicted molar refractivity (Wildman–Crippen MR) is 100 cm³/mol. The molecular formula is C22H22FN. The van der Waals surface area contributed by atoms with E-state index in [0.717, 1.165) is 16.7 Å². The lowest BCUT2D eigenvalue weighted by atomic mass is 9.99. The molecule has 0 spiro atoms. The predicted octanol–water partition coefficient (Wildman–Crippen LogP) is 6.06. The van der Waals surface area contributed by atoms with Crippen LogP contribution in [0.1, 0.15) is 36.6 Å². The topological polar surface area (TPSA) is 12.4 Å². The summed E-state index contributed by atoms with van der Waals surface area (Å²) in [7, 11) is 0. The number of rotatable bonds is 4. The van der Waals surface area contributed by atoms with E-state index in [0.29, 0.717) is 0 Å². The van der Waals surface area contributed by atoms with E-state index in [2.05, 4.69) is 24.3 Å². The average molecular weight is 319 g/mol. The quantitative estimate of drug-likeness (QED) is 0.518. The number of hydrogen-bond acceptors (Lipinski definition) is 1. The molecule has 0 aliphatic rings. The fourth-order valence-electron chi connectivity index (χ4n) is 2.34. The van der Waals surface area contributed by atoms with Gasteiger partial charge in [-0.3, -0.25) is 4.99 Å². The third-order valence-electron chi connectivity index (χ3n) is 3.47. The van der Waals surface area contributed by atoms with Crippen LogP contribution in [0, 0.1) is 5.82 Å². The molecule has 0 saturated heterocycles. The summed E-state index contributed by atoms with van der Waals surface area (Å²) in [6.07, 6.45) is 1.80. The van der Waals surface area contributed by atoms with Crippen LogP contribution in [0.4, 0.5) is 4.39 Å². The number of halogens is 1. The highest BCUT2D eigenvalue weighted by atomic mass is 19.1. The van der Waals surface area contributed by atoms with Gasteiger partial charge < -0.3 is 0 Å². The Kier molecular flexibility index (Phi) is 6.91. The van der Waals surface area contributed by atoms with Crippen molar-refractivity contribution in [3.63, 3.8) is 0 Å². The first-order chi connectivity index (χ1) is 11.8. The van der Waals surface area contributed by atoms with E-state index < -0.39 is 0 Å². The largest absolute Gasteiger partial charge is 0.280 e. The van der Waals surface area contributed by atoms with E-state index >= 15 is 0 Å². The molecule has 0 radical (unpaired) electrons. The van der Waals surface area contributed by atoms with Gasteiger partial charge in [0.25, 0.3) is 0 Å². The van der Waals surface area contributed by atoms with Gasteiger partial charge in [-0.2, -0.15) is 0 Å². The second-order valence-corrected chi connectivity index (χ2v) is 5.05. The SMILES string of the molecule is CC.Fc1ccc(C=NC(c2ccccc2)c2ccccc2)cc1. The summed E-state index contributed by atoms with van der Waals surface area (Å²) in [4.78, 5) is 4.72. The maximum atomic E-state index is 13.0. The van der Waals surface area contributed by atoms with Gasteiger partial charge in [0, 0.05) is 6.21 Å². The molecule has 122 valence electrons. The van der Waals surface area contributed by atoms with E-state index in [-0.39, 0.29) is 11.9 Å². The minimum atomic E-state index is -0.236. The summed E-state index contributed by atoms with van der Waals surface area (Å²) in [6, 6.07) is 26.6. The first-order valence-corrected chi connectivity index (χ1v) is 8.21. The minimum absolute atomic E-state index is 0.0625. The van der Waals surface area contributed by atoms with Crippen molar-refractivity contribution >= 4 is 6.21 Å². The Bertz CT molecular complexity index is 694. The zero-order valence-electron chi connectivity index (χ0n) is 14.1. The van der Waals surface area contributed by atoms with E-state index in [1.165, 1.54) is 12.1 Å². The van der Waals surface area contributed by atoms with Crippen LogP contribution in [0.3, 0.4) is 0 Å². The third kappa shape index (κ3) is 4.88. The monoisotopic (exact) mass is 319 g/mol. The second-order valence-electron chi connectivity index (χ2n) is 5.05. The zero-order valence-corrected chi connectivity index (χ0v) is 14.1. The standard InChI is InChI=1S/C20H16FN.C2H6/c21-19-13-11-16(12-14-19)15-22-20(17-7-3-1-4-8-17)18-9-5-2-6-10-18;1-2/h1-15,20H;1-2H3. The Morgan fingerprint density at radius 1 is 0.708 bits per heavy atom. The lowest BCUT2D eigenvalue weighted by Gasteiger charge is -2.13. The summed E-state index contributed by atoms with van der Waals surface area (Å²) >= 11 is 0. The molecule has 0 atom stereocenters. The van der Waals surface area contributed by atoms with Crippen molar-refractivity contribution in [3.8, 4) is 0 Å². The minimum Gasteiger partial charge on any atom is -0.280 e. The molecule has 0 heterocycles. The highest BCUT2D eigenvalue weighted by molar-refractivity contribution is 5.79. The maximum absolute atomic E-state index is 13.0. The first kappa shape index (κ1) is 17.6. The highest BCUT2D eigenvalue weighted by Gasteiger charge is 2.11. The van der Waals surface area contributed by atoms with Crippen molar-refractivity contribution < 1.29 is 4.39 Å². The smallest absolute Gasteiger partial charge is 0.123 e. The molecule has 3 aromatic carbocycles. The van der Waals surface area contributed by atoms with Gasteiger partial charge in [0.1, 0.15) is 5.82 Å². The van der Waals surface area contributed by atoms with Gasteiger partial charge in [0.2, 0.25) is 0 Å². The number of aliphatic imine (C=N–C) groups is 1. The van der Waals surface area contributed by atoms with Crippen LogP contribution >= 0.6 is 0 Å². The first-order valence-electron chi connectivity index (χ1n) is 8.21. The van der Waals surface area contributed by atoms with E-state index in [1.807, 2.05) is 50.2 Å². The lowest BCUT2D eigenvalue weighted by molar-refractivity contribution is 0.628. The Morgan fingerprint density at radius 2 is 1.17 bits per heavy atom. The van der Waals surface area contributed by atoms with Crippen LogP contribution < -0.4 is 0 Å². The van der Waals surface area contributed by atoms with Gasteiger partial charge in [-0.25, -0.2) is 4.39 Å². The van der Waals surface area contributed by atoms with Crippen LogP contribution in [-0.4, -0.2) is 6.21 Å². The summed E-state index contributed by atoms with van der Waals surface area (Å²) < 4.78 is 13.0. The van der Waals surface area contributed by atoms with Gasteiger partial charge in [0.15, 0.2) is 0 Å². The van der Waals surface area contributed by atoms with Crippen LogP contribution in [0.2, 0.25) is 0 Å². The van der Waals surface area contributed by atoms with Gasteiger partial charge in [-0.15, -0.1) is 0 Å². The Morgan fingerprint density at radius 3 is 1.62 bits per heavy atom. The third-order valence-corrected chi connectivity index (χ3v) is 3.47. The maximum Gasteiger partial charge on any atom is 0.123 e. The van der Waals surface area contributed by atoms with Gasteiger partial charge >= 0.3 is 0 Å². The van der Waals surface area contributed by atoms with Crippen LogP contribution in [-0.2, 0) is 0 Å². The molecule has 3 aromatic rings. The molecule has 0 aromatic heterocycles.